The number of ether oxygens (including phenoxy) is 2. The predicted octanol–water partition coefficient (Wildman–Crippen LogP) is 3.77. The van der Waals surface area contributed by atoms with Crippen LogP contribution in [-0.2, 0) is 9.53 Å². The number of rotatable bonds is 6. The van der Waals surface area contributed by atoms with Crippen LogP contribution < -0.4 is 15.4 Å². The van der Waals surface area contributed by atoms with Crippen molar-refractivity contribution in [1.82, 2.24) is 5.32 Å². The topological polar surface area (TPSA) is 59.6 Å². The van der Waals surface area contributed by atoms with E-state index in [1.807, 2.05) is 54.6 Å². The molecular formula is C21H22N2O3S. The molecule has 1 heterocycles. The minimum Gasteiger partial charge on any atom is -0.491 e. The van der Waals surface area contributed by atoms with Gasteiger partial charge in [-0.25, -0.2) is 0 Å². The van der Waals surface area contributed by atoms with Crippen LogP contribution in [0.15, 0.2) is 60.7 Å². The predicted molar refractivity (Wildman–Crippen MR) is 111 cm³/mol. The summed E-state index contributed by atoms with van der Waals surface area (Å²) in [5.74, 6) is 0.490. The largest absolute Gasteiger partial charge is 0.491 e. The third-order valence-corrected chi connectivity index (χ3v) is 4.24. The monoisotopic (exact) mass is 382 g/mol. The molecule has 3 rings (SSSR count). The Hall–Kier alpha value is -2.70. The first-order valence-electron chi connectivity index (χ1n) is 8.88. The minimum atomic E-state index is -0.284. The molecule has 140 valence electrons. The highest BCUT2D eigenvalue weighted by atomic mass is 32.1. The summed E-state index contributed by atoms with van der Waals surface area (Å²) in [6, 6.07) is 17.0. The van der Waals surface area contributed by atoms with Crippen LogP contribution >= 0.6 is 12.2 Å². The highest BCUT2D eigenvalue weighted by Gasteiger charge is 2.15. The molecule has 6 heteroatoms. The second kappa shape index (κ2) is 9.85. The van der Waals surface area contributed by atoms with E-state index in [9.17, 15) is 4.79 Å². The van der Waals surface area contributed by atoms with Crippen molar-refractivity contribution in [2.45, 2.75) is 18.9 Å². The van der Waals surface area contributed by atoms with Crippen LogP contribution in [-0.4, -0.2) is 30.3 Å². The molecule has 1 fully saturated rings. The Bertz CT molecular complexity index is 785. The average Bonchev–Trinajstić information content (AvgIpc) is 3.20. The van der Waals surface area contributed by atoms with E-state index >= 15 is 0 Å². The van der Waals surface area contributed by atoms with Crippen LogP contribution in [0.2, 0.25) is 0 Å². The summed E-state index contributed by atoms with van der Waals surface area (Å²) in [6.45, 7) is 1.38. The quantitative estimate of drug-likeness (QED) is 0.588. The smallest absolute Gasteiger partial charge is 0.250 e. The van der Waals surface area contributed by atoms with E-state index in [0.717, 1.165) is 36.4 Å². The lowest BCUT2D eigenvalue weighted by molar-refractivity contribution is -0.115. The molecule has 0 spiro atoms. The third kappa shape index (κ3) is 6.51. The zero-order valence-electron chi connectivity index (χ0n) is 14.9. The Labute approximate surface area is 164 Å². The molecule has 1 unspecified atom stereocenters. The Morgan fingerprint density at radius 2 is 1.96 bits per heavy atom. The number of nitrogens with one attached hydrogen (secondary N) is 2. The molecule has 2 N–H and O–H groups in total. The summed E-state index contributed by atoms with van der Waals surface area (Å²) in [4.78, 5) is 11.9. The van der Waals surface area contributed by atoms with Gasteiger partial charge >= 0.3 is 0 Å². The molecule has 2 aromatic carbocycles. The van der Waals surface area contributed by atoms with Crippen LogP contribution in [0.4, 0.5) is 5.69 Å². The van der Waals surface area contributed by atoms with Gasteiger partial charge in [-0.15, -0.1) is 0 Å². The fraction of sp³-hybridized carbons (Fsp3) is 0.238. The molecule has 2 aromatic rings. The summed E-state index contributed by atoms with van der Waals surface area (Å²) < 4.78 is 11.3. The van der Waals surface area contributed by atoms with E-state index < -0.39 is 0 Å². The third-order valence-electron chi connectivity index (χ3n) is 4.04. The number of hydrogen-bond donors (Lipinski definition) is 2. The molecule has 5 nitrogen and oxygen atoms in total. The van der Waals surface area contributed by atoms with Crippen LogP contribution in [0.25, 0.3) is 6.08 Å². The minimum absolute atomic E-state index is 0.189. The number of amides is 1. The van der Waals surface area contributed by atoms with Gasteiger partial charge in [0, 0.05) is 18.4 Å². The summed E-state index contributed by atoms with van der Waals surface area (Å²) >= 11 is 5.18. The van der Waals surface area contributed by atoms with Crippen molar-refractivity contribution in [2.24, 2.45) is 0 Å². The molecule has 1 aliphatic heterocycles. The van der Waals surface area contributed by atoms with Crippen molar-refractivity contribution in [1.29, 1.82) is 0 Å². The Balaban J connectivity index is 1.43. The number of carbonyl (C=O) groups is 1. The van der Waals surface area contributed by atoms with Gasteiger partial charge in [-0.1, -0.05) is 30.3 Å². The van der Waals surface area contributed by atoms with Crippen LogP contribution in [0.3, 0.4) is 0 Å². The highest BCUT2D eigenvalue weighted by molar-refractivity contribution is 7.80. The number of benzene rings is 2. The maximum absolute atomic E-state index is 11.9. The van der Waals surface area contributed by atoms with E-state index in [1.165, 1.54) is 6.08 Å². The molecular weight excluding hydrogens is 360 g/mol. The molecule has 0 aliphatic carbocycles. The zero-order chi connectivity index (χ0) is 18.9. The maximum Gasteiger partial charge on any atom is 0.250 e. The fourth-order valence-electron chi connectivity index (χ4n) is 2.65. The van der Waals surface area contributed by atoms with E-state index in [2.05, 4.69) is 10.6 Å². The number of thiocarbonyl (C=S) groups is 1. The number of anilines is 1. The van der Waals surface area contributed by atoms with Crippen molar-refractivity contribution in [3.05, 3.63) is 66.2 Å². The zero-order valence-corrected chi connectivity index (χ0v) is 15.7. The van der Waals surface area contributed by atoms with Gasteiger partial charge in [-0.2, -0.15) is 0 Å². The van der Waals surface area contributed by atoms with Crippen molar-refractivity contribution in [3.8, 4) is 5.75 Å². The van der Waals surface area contributed by atoms with E-state index in [-0.39, 0.29) is 17.1 Å². The van der Waals surface area contributed by atoms with Crippen molar-refractivity contribution in [3.63, 3.8) is 0 Å². The van der Waals surface area contributed by atoms with Gasteiger partial charge in [0.1, 0.15) is 12.4 Å². The lowest BCUT2D eigenvalue weighted by Gasteiger charge is -2.12. The summed E-state index contributed by atoms with van der Waals surface area (Å²) in [5.41, 5.74) is 1.72. The molecule has 1 saturated heterocycles. The molecule has 0 aromatic heterocycles. The van der Waals surface area contributed by atoms with E-state index in [1.54, 1.807) is 6.08 Å². The molecule has 0 radical (unpaired) electrons. The van der Waals surface area contributed by atoms with Gasteiger partial charge in [0.2, 0.25) is 5.91 Å². The first kappa shape index (κ1) is 19.1. The van der Waals surface area contributed by atoms with Crippen molar-refractivity contribution >= 4 is 35.0 Å². The Morgan fingerprint density at radius 3 is 2.67 bits per heavy atom. The molecule has 1 atom stereocenters. The number of hydrogen-bond acceptors (Lipinski definition) is 4. The van der Waals surface area contributed by atoms with Gasteiger partial charge in [-0.05, 0) is 61.0 Å². The SMILES string of the molecule is O=C(/C=C/c1ccccc1)NC(=S)Nc1ccc(OCC2CCCO2)cc1. The second-order valence-electron chi connectivity index (χ2n) is 6.16. The Kier molecular flexibility index (Phi) is 6.96. The summed E-state index contributed by atoms with van der Waals surface area (Å²) in [7, 11) is 0. The van der Waals surface area contributed by atoms with Crippen molar-refractivity contribution < 1.29 is 14.3 Å². The molecule has 27 heavy (non-hydrogen) atoms. The van der Waals surface area contributed by atoms with Gasteiger partial charge in [0.05, 0.1) is 6.10 Å². The molecule has 0 saturated carbocycles. The molecule has 0 bridgehead atoms. The normalized spacial score (nSPS) is 16.2. The fourth-order valence-corrected chi connectivity index (χ4v) is 2.87. The van der Waals surface area contributed by atoms with E-state index in [4.69, 9.17) is 21.7 Å². The van der Waals surface area contributed by atoms with Gasteiger partial charge in [0.25, 0.3) is 0 Å². The van der Waals surface area contributed by atoms with Gasteiger partial charge < -0.3 is 14.8 Å². The maximum atomic E-state index is 11.9. The van der Waals surface area contributed by atoms with Gasteiger partial charge in [-0.3, -0.25) is 10.1 Å². The first-order chi connectivity index (χ1) is 13.2. The van der Waals surface area contributed by atoms with Crippen LogP contribution in [0.1, 0.15) is 18.4 Å². The standard InChI is InChI=1S/C21H22N2O3S/c24-20(13-8-16-5-2-1-3-6-16)23-21(27)22-17-9-11-18(12-10-17)26-15-19-7-4-14-25-19/h1-3,5-6,8-13,19H,4,7,14-15H2,(H2,22,23,24,27)/b13-8+. The lowest BCUT2D eigenvalue weighted by Crippen LogP contribution is -2.32. The first-order valence-corrected chi connectivity index (χ1v) is 9.29. The molecule has 1 aliphatic rings. The average molecular weight is 382 g/mol. The second-order valence-corrected chi connectivity index (χ2v) is 6.57. The molecule has 1 amide bonds. The van der Waals surface area contributed by atoms with Gasteiger partial charge in [0.15, 0.2) is 5.11 Å². The van der Waals surface area contributed by atoms with Crippen LogP contribution in [0, 0.1) is 0 Å². The Morgan fingerprint density at radius 1 is 1.19 bits per heavy atom. The number of carbonyl (C=O) groups excluding carboxylic acids is 1. The van der Waals surface area contributed by atoms with E-state index in [0.29, 0.717) is 6.61 Å². The summed E-state index contributed by atoms with van der Waals surface area (Å²) in [6.07, 6.45) is 5.52. The van der Waals surface area contributed by atoms with Crippen molar-refractivity contribution in [2.75, 3.05) is 18.5 Å². The highest BCUT2D eigenvalue weighted by Crippen LogP contribution is 2.18. The summed E-state index contributed by atoms with van der Waals surface area (Å²) in [5, 5.41) is 5.84. The van der Waals surface area contributed by atoms with Crippen LogP contribution in [0.5, 0.6) is 5.75 Å². The lowest BCUT2D eigenvalue weighted by atomic mass is 10.2.